The molecule has 0 bridgehead atoms. The van der Waals surface area contributed by atoms with Crippen molar-refractivity contribution in [1.29, 1.82) is 0 Å². The molecule has 0 radical (unpaired) electrons. The Morgan fingerprint density at radius 1 is 0.615 bits per heavy atom. The Hall–Kier alpha value is -0.120. The second-order valence-corrected chi connectivity index (χ2v) is 4.50. The lowest BCUT2D eigenvalue weighted by Gasteiger charge is -2.22. The molecule has 0 atom stereocenters. The zero-order chi connectivity index (χ0) is 8.78. The maximum absolute atomic E-state index is 6.01. The van der Waals surface area contributed by atoms with Crippen LogP contribution in [0.15, 0.2) is 0 Å². The van der Waals surface area contributed by atoms with E-state index in [1.165, 1.54) is 25.7 Å². The van der Waals surface area contributed by atoms with Crippen molar-refractivity contribution >= 4 is 0 Å². The van der Waals surface area contributed by atoms with E-state index in [-0.39, 0.29) is 11.6 Å². The molecule has 2 aliphatic carbocycles. The van der Waals surface area contributed by atoms with E-state index in [4.69, 9.17) is 14.5 Å². The zero-order valence-electron chi connectivity index (χ0n) is 7.88. The van der Waals surface area contributed by atoms with Crippen molar-refractivity contribution in [3.05, 3.63) is 0 Å². The zero-order valence-corrected chi connectivity index (χ0v) is 7.88. The van der Waals surface area contributed by atoms with Gasteiger partial charge in [0.1, 0.15) is 0 Å². The molecule has 0 aromatic carbocycles. The van der Waals surface area contributed by atoms with Gasteiger partial charge in [-0.3, -0.25) is 0 Å². The van der Waals surface area contributed by atoms with E-state index in [2.05, 4.69) is 0 Å². The third kappa shape index (κ3) is 1.22. The summed E-state index contributed by atoms with van der Waals surface area (Å²) in [5.74, 6) is -0.714. The van der Waals surface area contributed by atoms with Crippen LogP contribution < -0.4 is 0 Å². The van der Waals surface area contributed by atoms with Crippen molar-refractivity contribution in [2.45, 2.75) is 62.9 Å². The van der Waals surface area contributed by atoms with Gasteiger partial charge in [0.2, 0.25) is 11.6 Å². The van der Waals surface area contributed by atoms with Gasteiger partial charge in [0.25, 0.3) is 0 Å². The minimum atomic E-state index is -0.357. The van der Waals surface area contributed by atoms with Crippen LogP contribution in [-0.2, 0) is 14.5 Å². The Morgan fingerprint density at radius 3 is 1.38 bits per heavy atom. The van der Waals surface area contributed by atoms with Gasteiger partial charge in [-0.25, -0.2) is 0 Å². The topological polar surface area (TPSA) is 27.7 Å². The van der Waals surface area contributed by atoms with Crippen molar-refractivity contribution in [2.75, 3.05) is 0 Å². The summed E-state index contributed by atoms with van der Waals surface area (Å²) in [6, 6.07) is 0. The van der Waals surface area contributed by atoms with Gasteiger partial charge < -0.3 is 4.74 Å². The highest BCUT2D eigenvalue weighted by Gasteiger charge is 2.54. The number of ether oxygens (including phenoxy) is 1. The molecule has 1 aliphatic heterocycles. The summed E-state index contributed by atoms with van der Waals surface area (Å²) in [6.45, 7) is 0. The Kier molecular flexibility index (Phi) is 1.70. The Labute approximate surface area is 78.3 Å². The minimum Gasteiger partial charge on any atom is -0.312 e. The third-order valence-corrected chi connectivity index (χ3v) is 3.45. The summed E-state index contributed by atoms with van der Waals surface area (Å²) in [7, 11) is 0. The average Bonchev–Trinajstić information content (AvgIpc) is 2.81. The van der Waals surface area contributed by atoms with Gasteiger partial charge in [-0.15, -0.1) is 0 Å². The van der Waals surface area contributed by atoms with Crippen molar-refractivity contribution in [3.63, 3.8) is 0 Å². The van der Waals surface area contributed by atoms with Crippen LogP contribution in [0.4, 0.5) is 0 Å². The van der Waals surface area contributed by atoms with Gasteiger partial charge in [0.05, 0.1) is 0 Å². The molecule has 0 N–H and O–H groups in total. The average molecular weight is 184 g/mol. The Balaban J connectivity index is 1.76. The third-order valence-electron chi connectivity index (χ3n) is 3.45. The normalized spacial score (nSPS) is 35.1. The number of hydrogen-bond acceptors (Lipinski definition) is 3. The van der Waals surface area contributed by atoms with Gasteiger partial charge in [0.15, 0.2) is 0 Å². The molecule has 0 unspecified atom stereocenters. The summed E-state index contributed by atoms with van der Waals surface area (Å²) in [6.07, 6.45) is 8.87. The van der Waals surface area contributed by atoms with E-state index in [0.717, 1.165) is 25.7 Å². The molecule has 3 heteroatoms. The molecule has 0 aromatic rings. The lowest BCUT2D eigenvalue weighted by atomic mass is 10.2. The first-order valence-electron chi connectivity index (χ1n) is 5.40. The fourth-order valence-corrected chi connectivity index (χ4v) is 2.72. The second-order valence-electron chi connectivity index (χ2n) is 4.50. The van der Waals surface area contributed by atoms with Crippen LogP contribution in [0.1, 0.15) is 51.4 Å². The molecule has 74 valence electrons. The monoisotopic (exact) mass is 184 g/mol. The summed E-state index contributed by atoms with van der Waals surface area (Å²) in [4.78, 5) is 10.8. The van der Waals surface area contributed by atoms with Crippen molar-refractivity contribution in [1.82, 2.24) is 0 Å². The van der Waals surface area contributed by atoms with E-state index < -0.39 is 0 Å². The van der Waals surface area contributed by atoms with Crippen LogP contribution in [0.3, 0.4) is 0 Å². The SMILES string of the molecule is C1CCC2(C1)OOC1(CCCC1)O2. The van der Waals surface area contributed by atoms with Crippen LogP contribution >= 0.6 is 0 Å². The molecular weight excluding hydrogens is 168 g/mol. The Bertz CT molecular complexity index is 180. The first-order valence-corrected chi connectivity index (χ1v) is 5.40. The predicted octanol–water partition coefficient (Wildman–Crippen LogP) is 2.51. The van der Waals surface area contributed by atoms with Crippen LogP contribution in [0, 0.1) is 0 Å². The van der Waals surface area contributed by atoms with E-state index in [1.54, 1.807) is 0 Å². The molecule has 2 spiro atoms. The van der Waals surface area contributed by atoms with E-state index in [9.17, 15) is 0 Å². The van der Waals surface area contributed by atoms with Gasteiger partial charge in [-0.05, 0) is 25.7 Å². The summed E-state index contributed by atoms with van der Waals surface area (Å²) >= 11 is 0. The molecule has 2 saturated carbocycles. The highest BCUT2D eigenvalue weighted by molar-refractivity contribution is 4.87. The minimum absolute atomic E-state index is 0.357. The second kappa shape index (κ2) is 2.69. The van der Waals surface area contributed by atoms with E-state index >= 15 is 0 Å². The molecule has 3 nitrogen and oxygen atoms in total. The fraction of sp³-hybridized carbons (Fsp3) is 1.00. The fourth-order valence-electron chi connectivity index (χ4n) is 2.72. The molecule has 0 aromatic heterocycles. The predicted molar refractivity (Wildman–Crippen MR) is 45.7 cm³/mol. The van der Waals surface area contributed by atoms with Gasteiger partial charge >= 0.3 is 0 Å². The maximum atomic E-state index is 6.01. The molecule has 1 saturated heterocycles. The highest BCUT2D eigenvalue weighted by Crippen LogP contribution is 2.49. The number of rotatable bonds is 0. The van der Waals surface area contributed by atoms with Crippen molar-refractivity contribution in [3.8, 4) is 0 Å². The molecule has 0 amide bonds. The number of hydrogen-bond donors (Lipinski definition) is 0. The first kappa shape index (κ1) is 8.21. The van der Waals surface area contributed by atoms with Crippen LogP contribution in [0.5, 0.6) is 0 Å². The highest BCUT2D eigenvalue weighted by atomic mass is 17.3. The van der Waals surface area contributed by atoms with Gasteiger partial charge in [-0.2, -0.15) is 9.78 Å². The standard InChI is InChI=1S/C10H16O3/c1-2-6-9(5-1)11-10(13-12-9)7-3-4-8-10/h1-8H2. The molecule has 13 heavy (non-hydrogen) atoms. The lowest BCUT2D eigenvalue weighted by molar-refractivity contribution is -0.348. The van der Waals surface area contributed by atoms with Crippen LogP contribution in [0.2, 0.25) is 0 Å². The Morgan fingerprint density at radius 2 is 1.00 bits per heavy atom. The van der Waals surface area contributed by atoms with Gasteiger partial charge in [-0.1, -0.05) is 0 Å². The molecule has 3 fully saturated rings. The van der Waals surface area contributed by atoms with Crippen LogP contribution in [-0.4, -0.2) is 11.6 Å². The molecule has 3 aliphatic rings. The summed E-state index contributed by atoms with van der Waals surface area (Å²) < 4.78 is 6.01. The largest absolute Gasteiger partial charge is 0.312 e. The summed E-state index contributed by atoms with van der Waals surface area (Å²) in [5.41, 5.74) is 0. The quantitative estimate of drug-likeness (QED) is 0.541. The lowest BCUT2D eigenvalue weighted by Crippen LogP contribution is -2.32. The molecule has 3 rings (SSSR count). The van der Waals surface area contributed by atoms with Crippen molar-refractivity contribution in [2.24, 2.45) is 0 Å². The molecule has 1 heterocycles. The van der Waals surface area contributed by atoms with Crippen LogP contribution in [0.25, 0.3) is 0 Å². The summed E-state index contributed by atoms with van der Waals surface area (Å²) in [5, 5.41) is 0. The van der Waals surface area contributed by atoms with E-state index in [0.29, 0.717) is 0 Å². The molecular formula is C10H16O3. The van der Waals surface area contributed by atoms with E-state index in [1.807, 2.05) is 0 Å². The smallest absolute Gasteiger partial charge is 0.204 e. The maximum Gasteiger partial charge on any atom is 0.204 e. The first-order chi connectivity index (χ1) is 6.33. The van der Waals surface area contributed by atoms with Crippen molar-refractivity contribution < 1.29 is 14.5 Å². The van der Waals surface area contributed by atoms with Gasteiger partial charge in [0, 0.05) is 25.7 Å².